The van der Waals surface area contributed by atoms with E-state index in [1.807, 2.05) is 40.9 Å². The molecule has 1 aliphatic rings. The van der Waals surface area contributed by atoms with Crippen LogP contribution in [0.3, 0.4) is 0 Å². The summed E-state index contributed by atoms with van der Waals surface area (Å²) in [5.74, 6) is 1.28. The number of ether oxygens (including phenoxy) is 1. The average molecular weight is 493 g/mol. The number of aromatic nitrogens is 3. The van der Waals surface area contributed by atoms with Gasteiger partial charge in [-0.25, -0.2) is 22.9 Å². The molecule has 0 aliphatic carbocycles. The fourth-order valence-electron chi connectivity index (χ4n) is 4.61. The highest BCUT2D eigenvalue weighted by atomic mass is 32.2. The van der Waals surface area contributed by atoms with Crippen molar-refractivity contribution in [2.75, 3.05) is 19.4 Å². The van der Waals surface area contributed by atoms with Crippen molar-refractivity contribution in [1.82, 2.24) is 14.4 Å². The van der Waals surface area contributed by atoms with E-state index < -0.39 is 9.73 Å². The highest BCUT2D eigenvalue weighted by Crippen LogP contribution is 2.32. The smallest absolute Gasteiger partial charge is 0.161 e. The number of hydrogen-bond acceptors (Lipinski definition) is 5. The molecule has 8 heteroatoms. The number of rotatable bonds is 8. The van der Waals surface area contributed by atoms with Crippen molar-refractivity contribution in [3.63, 3.8) is 0 Å². The maximum atomic E-state index is 14.7. The van der Waals surface area contributed by atoms with Gasteiger partial charge in [0.25, 0.3) is 0 Å². The molecule has 5 rings (SSSR count). The van der Waals surface area contributed by atoms with Crippen molar-refractivity contribution in [2.24, 2.45) is 4.36 Å². The van der Waals surface area contributed by atoms with Gasteiger partial charge in [0.1, 0.15) is 23.7 Å². The van der Waals surface area contributed by atoms with Gasteiger partial charge in [-0.3, -0.25) is 4.40 Å². The van der Waals surface area contributed by atoms with Gasteiger partial charge in [0.05, 0.1) is 21.9 Å². The Labute approximate surface area is 205 Å². The number of halogens is 1. The number of unbranched alkanes of at least 4 members (excludes halogenated alkanes) is 1. The van der Waals surface area contributed by atoms with Crippen molar-refractivity contribution in [3.8, 4) is 16.9 Å². The second-order valence-corrected chi connectivity index (χ2v) is 11.1. The monoisotopic (exact) mass is 492 g/mol. The van der Waals surface area contributed by atoms with Gasteiger partial charge in [0.2, 0.25) is 0 Å². The SMILES string of the molecule is CCCCN=S(C)(=O)c1ncn2c(CCc3c(F)ccc4c3CCO4)ncc(-c3ccccc3)c12. The molecular formula is C27H29FN4O2S. The minimum atomic E-state index is -2.71. The van der Waals surface area contributed by atoms with E-state index in [1.54, 1.807) is 18.6 Å². The Balaban J connectivity index is 1.60. The van der Waals surface area contributed by atoms with Crippen molar-refractivity contribution < 1.29 is 13.3 Å². The summed E-state index contributed by atoms with van der Waals surface area (Å²) in [6, 6.07) is 13.1. The van der Waals surface area contributed by atoms with Crippen LogP contribution in [0.1, 0.15) is 36.7 Å². The zero-order valence-electron chi connectivity index (χ0n) is 20.0. The first kappa shape index (κ1) is 23.5. The van der Waals surface area contributed by atoms with Crippen LogP contribution >= 0.6 is 0 Å². The minimum Gasteiger partial charge on any atom is -0.493 e. The van der Waals surface area contributed by atoms with Crippen LogP contribution in [0.4, 0.5) is 4.39 Å². The zero-order valence-corrected chi connectivity index (χ0v) is 20.9. The van der Waals surface area contributed by atoms with E-state index in [0.29, 0.717) is 43.0 Å². The van der Waals surface area contributed by atoms with Crippen LogP contribution in [0.5, 0.6) is 5.75 Å². The van der Waals surface area contributed by atoms with E-state index in [9.17, 15) is 8.60 Å². The lowest BCUT2D eigenvalue weighted by atomic mass is 10.00. The molecule has 0 fully saturated rings. The summed E-state index contributed by atoms with van der Waals surface area (Å²) < 4.78 is 40.4. The van der Waals surface area contributed by atoms with Crippen molar-refractivity contribution >= 4 is 15.2 Å². The second kappa shape index (κ2) is 9.77. The van der Waals surface area contributed by atoms with E-state index >= 15 is 0 Å². The van der Waals surface area contributed by atoms with E-state index in [0.717, 1.165) is 46.6 Å². The first-order valence-corrected chi connectivity index (χ1v) is 13.9. The molecule has 6 nitrogen and oxygen atoms in total. The van der Waals surface area contributed by atoms with Gasteiger partial charge in [0, 0.05) is 43.0 Å². The van der Waals surface area contributed by atoms with Crippen LogP contribution < -0.4 is 4.74 Å². The summed E-state index contributed by atoms with van der Waals surface area (Å²) in [5.41, 5.74) is 4.18. The van der Waals surface area contributed by atoms with Crippen molar-refractivity contribution in [2.45, 2.75) is 44.1 Å². The normalized spacial score (nSPS) is 14.5. The molecule has 0 spiro atoms. The van der Waals surface area contributed by atoms with Gasteiger partial charge in [-0.2, -0.15) is 0 Å². The summed E-state index contributed by atoms with van der Waals surface area (Å²) >= 11 is 0. The Hall–Kier alpha value is -3.26. The summed E-state index contributed by atoms with van der Waals surface area (Å²) in [6.45, 7) is 3.20. The predicted molar refractivity (Wildman–Crippen MR) is 136 cm³/mol. The third-order valence-electron chi connectivity index (χ3n) is 6.44. The number of hydrogen-bond donors (Lipinski definition) is 0. The molecule has 0 saturated carbocycles. The maximum absolute atomic E-state index is 14.7. The van der Waals surface area contributed by atoms with Crippen LogP contribution in [0.15, 0.2) is 64.4 Å². The van der Waals surface area contributed by atoms with E-state index in [4.69, 9.17) is 9.72 Å². The Morgan fingerprint density at radius 3 is 2.77 bits per heavy atom. The first-order valence-electron chi connectivity index (χ1n) is 12.0. The quantitative estimate of drug-likeness (QED) is 0.304. The molecule has 0 amide bonds. The van der Waals surface area contributed by atoms with Gasteiger partial charge < -0.3 is 4.74 Å². The largest absolute Gasteiger partial charge is 0.493 e. The maximum Gasteiger partial charge on any atom is 0.161 e. The second-order valence-electron chi connectivity index (χ2n) is 8.83. The number of fused-ring (bicyclic) bond motifs is 2. The topological polar surface area (TPSA) is 68.9 Å². The number of benzene rings is 2. The summed E-state index contributed by atoms with van der Waals surface area (Å²) in [5, 5.41) is 0.469. The molecule has 182 valence electrons. The van der Waals surface area contributed by atoms with Gasteiger partial charge in [-0.1, -0.05) is 43.7 Å². The lowest BCUT2D eigenvalue weighted by Crippen LogP contribution is -2.07. The lowest BCUT2D eigenvalue weighted by molar-refractivity contribution is 0.356. The number of nitrogens with zero attached hydrogens (tertiary/aromatic N) is 4. The van der Waals surface area contributed by atoms with Crippen LogP contribution in [0.25, 0.3) is 16.6 Å². The number of imidazole rings is 1. The molecule has 2 aromatic carbocycles. The molecule has 1 aliphatic heterocycles. The molecule has 1 unspecified atom stereocenters. The zero-order chi connectivity index (χ0) is 24.4. The van der Waals surface area contributed by atoms with Crippen LogP contribution in [0.2, 0.25) is 0 Å². The Morgan fingerprint density at radius 1 is 1.14 bits per heavy atom. The van der Waals surface area contributed by atoms with Gasteiger partial charge in [-0.15, -0.1) is 0 Å². The minimum absolute atomic E-state index is 0.218. The lowest BCUT2D eigenvalue weighted by Gasteiger charge is -2.12. The summed E-state index contributed by atoms with van der Waals surface area (Å²) in [7, 11) is -2.71. The highest BCUT2D eigenvalue weighted by Gasteiger charge is 2.22. The van der Waals surface area contributed by atoms with Gasteiger partial charge in [0.15, 0.2) is 5.03 Å². The summed E-state index contributed by atoms with van der Waals surface area (Å²) in [6.07, 6.45) is 8.71. The molecule has 0 bridgehead atoms. The molecule has 2 aromatic heterocycles. The molecule has 0 radical (unpaired) electrons. The predicted octanol–water partition coefficient (Wildman–Crippen LogP) is 5.51. The Kier molecular flexibility index (Phi) is 6.56. The third-order valence-corrected chi connectivity index (χ3v) is 8.13. The van der Waals surface area contributed by atoms with E-state index in [-0.39, 0.29) is 5.82 Å². The fraction of sp³-hybridized carbons (Fsp3) is 0.333. The van der Waals surface area contributed by atoms with Gasteiger partial charge in [-0.05, 0) is 36.1 Å². The molecule has 0 saturated heterocycles. The molecule has 1 atom stereocenters. The third kappa shape index (κ3) is 4.55. The van der Waals surface area contributed by atoms with Gasteiger partial charge >= 0.3 is 0 Å². The average Bonchev–Trinajstić information content (AvgIpc) is 3.52. The fourth-order valence-corrected chi connectivity index (χ4v) is 6.02. The van der Waals surface area contributed by atoms with Crippen LogP contribution in [-0.2, 0) is 29.0 Å². The Bertz CT molecular complexity index is 1490. The molecule has 0 N–H and O–H groups in total. The standard InChI is InChI=1S/C27H29FN4O2S/c1-3-4-15-31-35(2,33)27-26-22(19-8-6-5-7-9-19)17-29-25(32(26)18-30-27)13-10-20-21-14-16-34-24(21)12-11-23(20)28/h5-9,11-12,17-18H,3-4,10,13-16H2,1-2H3. The molecular weight excluding hydrogens is 463 g/mol. The van der Waals surface area contributed by atoms with Crippen LogP contribution in [0, 0.1) is 5.82 Å². The molecule has 3 heterocycles. The van der Waals surface area contributed by atoms with Crippen molar-refractivity contribution in [1.29, 1.82) is 0 Å². The first-order chi connectivity index (χ1) is 17.0. The number of aryl methyl sites for hydroxylation is 1. The van der Waals surface area contributed by atoms with Crippen LogP contribution in [-0.4, -0.2) is 38.0 Å². The molecule has 35 heavy (non-hydrogen) atoms. The van der Waals surface area contributed by atoms with Crippen molar-refractivity contribution in [3.05, 3.63) is 77.8 Å². The van der Waals surface area contributed by atoms with E-state index in [2.05, 4.69) is 16.3 Å². The van der Waals surface area contributed by atoms with E-state index in [1.165, 1.54) is 6.07 Å². The molecule has 4 aromatic rings. The summed E-state index contributed by atoms with van der Waals surface area (Å²) in [4.78, 5) is 9.32. The highest BCUT2D eigenvalue weighted by molar-refractivity contribution is 7.93. The Morgan fingerprint density at radius 2 is 1.97 bits per heavy atom.